The van der Waals surface area contributed by atoms with E-state index >= 15 is 0 Å². The zero-order valence-corrected chi connectivity index (χ0v) is 10.1. The van der Waals surface area contributed by atoms with E-state index in [0.717, 1.165) is 11.1 Å². The average molecular weight is 255 g/mol. The van der Waals surface area contributed by atoms with E-state index < -0.39 is 25.0 Å². The first kappa shape index (κ1) is 13.0. The third kappa shape index (κ3) is 2.51. The quantitative estimate of drug-likeness (QED) is 0.900. The molecule has 0 saturated carbocycles. The van der Waals surface area contributed by atoms with Crippen LogP contribution >= 0.6 is 0 Å². The highest BCUT2D eigenvalue weighted by atomic mass is 19.3. The Hall–Kier alpha value is -1.49. The van der Waals surface area contributed by atoms with Crippen LogP contribution in [0.4, 0.5) is 8.78 Å². The van der Waals surface area contributed by atoms with Gasteiger partial charge in [-0.05, 0) is 24.5 Å². The van der Waals surface area contributed by atoms with E-state index in [2.05, 4.69) is 0 Å². The Kier molecular flexibility index (Phi) is 3.61. The molecule has 1 aromatic rings. The van der Waals surface area contributed by atoms with Crippen LogP contribution < -0.4 is 0 Å². The van der Waals surface area contributed by atoms with Gasteiger partial charge in [-0.2, -0.15) is 0 Å². The summed E-state index contributed by atoms with van der Waals surface area (Å²) in [7, 11) is 0. The summed E-state index contributed by atoms with van der Waals surface area (Å²) in [5.74, 6) is -1.07. The van der Waals surface area contributed by atoms with Crippen molar-refractivity contribution in [2.75, 3.05) is 13.1 Å². The Labute approximate surface area is 104 Å². The van der Waals surface area contributed by atoms with Gasteiger partial charge in [0.25, 0.3) is 6.43 Å². The summed E-state index contributed by atoms with van der Waals surface area (Å²) in [6.45, 7) is 1.73. The van der Waals surface area contributed by atoms with Crippen molar-refractivity contribution >= 4 is 5.97 Å². The second-order valence-corrected chi connectivity index (χ2v) is 4.58. The van der Waals surface area contributed by atoms with Gasteiger partial charge in [-0.15, -0.1) is 0 Å². The van der Waals surface area contributed by atoms with E-state index in [1.165, 1.54) is 4.90 Å². The van der Waals surface area contributed by atoms with Crippen LogP contribution in [0, 0.1) is 6.92 Å². The fourth-order valence-corrected chi connectivity index (χ4v) is 2.45. The van der Waals surface area contributed by atoms with Gasteiger partial charge in [0.2, 0.25) is 0 Å². The van der Waals surface area contributed by atoms with Crippen LogP contribution in [0.1, 0.15) is 22.7 Å². The SMILES string of the molecule is Cc1ccc2c(c1)C(C(=O)O)N(CC(F)F)CC2. The van der Waals surface area contributed by atoms with E-state index in [0.29, 0.717) is 18.5 Å². The lowest BCUT2D eigenvalue weighted by Gasteiger charge is -2.34. The molecule has 18 heavy (non-hydrogen) atoms. The van der Waals surface area contributed by atoms with Crippen LogP contribution in [-0.4, -0.2) is 35.5 Å². The number of carboxylic acid groups (broad SMARTS) is 1. The fraction of sp³-hybridized carbons (Fsp3) is 0.462. The molecule has 1 aromatic carbocycles. The molecule has 0 amide bonds. The van der Waals surface area contributed by atoms with Crippen LogP contribution in [-0.2, 0) is 11.2 Å². The minimum absolute atomic E-state index is 0.358. The summed E-state index contributed by atoms with van der Waals surface area (Å²) in [6.07, 6.45) is -1.90. The molecule has 0 bridgehead atoms. The second kappa shape index (κ2) is 5.02. The molecule has 1 atom stereocenters. The number of benzene rings is 1. The smallest absolute Gasteiger partial charge is 0.325 e. The average Bonchev–Trinajstić information content (AvgIpc) is 2.26. The van der Waals surface area contributed by atoms with Crippen LogP contribution in [0.15, 0.2) is 18.2 Å². The highest BCUT2D eigenvalue weighted by Crippen LogP contribution is 2.31. The molecule has 0 aromatic heterocycles. The predicted molar refractivity (Wildman–Crippen MR) is 62.8 cm³/mol. The molecule has 1 heterocycles. The molecule has 1 aliphatic heterocycles. The molecule has 0 spiro atoms. The molecule has 0 saturated heterocycles. The van der Waals surface area contributed by atoms with E-state index in [1.807, 2.05) is 19.1 Å². The maximum Gasteiger partial charge on any atom is 0.325 e. The van der Waals surface area contributed by atoms with Crippen LogP contribution in [0.2, 0.25) is 0 Å². The molecule has 1 unspecified atom stereocenters. The Morgan fingerprint density at radius 1 is 1.56 bits per heavy atom. The van der Waals surface area contributed by atoms with Gasteiger partial charge < -0.3 is 5.11 Å². The van der Waals surface area contributed by atoms with Gasteiger partial charge in [0.1, 0.15) is 6.04 Å². The van der Waals surface area contributed by atoms with Crippen molar-refractivity contribution in [2.24, 2.45) is 0 Å². The van der Waals surface area contributed by atoms with Gasteiger partial charge in [-0.1, -0.05) is 23.8 Å². The molecule has 0 fully saturated rings. The number of hydrogen-bond donors (Lipinski definition) is 1. The Bertz CT molecular complexity index is 462. The van der Waals surface area contributed by atoms with E-state index in [1.54, 1.807) is 6.07 Å². The number of nitrogens with zero attached hydrogens (tertiary/aromatic N) is 1. The summed E-state index contributed by atoms with van der Waals surface area (Å²) in [5, 5.41) is 9.27. The molecule has 98 valence electrons. The van der Waals surface area contributed by atoms with Gasteiger partial charge in [0.05, 0.1) is 6.54 Å². The number of aryl methyl sites for hydroxylation is 1. The van der Waals surface area contributed by atoms with Crippen LogP contribution in [0.25, 0.3) is 0 Å². The maximum absolute atomic E-state index is 12.5. The first-order valence-corrected chi connectivity index (χ1v) is 5.83. The summed E-state index contributed by atoms with van der Waals surface area (Å²) in [6, 6.07) is 4.63. The normalized spacial score (nSPS) is 19.9. The number of carboxylic acids is 1. The topological polar surface area (TPSA) is 40.5 Å². The van der Waals surface area contributed by atoms with Crippen molar-refractivity contribution in [3.63, 3.8) is 0 Å². The summed E-state index contributed by atoms with van der Waals surface area (Å²) in [4.78, 5) is 12.7. The van der Waals surface area contributed by atoms with Gasteiger partial charge in [-0.25, -0.2) is 8.78 Å². The highest BCUT2D eigenvalue weighted by Gasteiger charge is 2.34. The largest absolute Gasteiger partial charge is 0.480 e. The first-order valence-electron chi connectivity index (χ1n) is 5.83. The lowest BCUT2D eigenvalue weighted by Crippen LogP contribution is -2.42. The van der Waals surface area contributed by atoms with Crippen molar-refractivity contribution in [1.82, 2.24) is 4.90 Å². The number of aliphatic carboxylic acids is 1. The lowest BCUT2D eigenvalue weighted by molar-refractivity contribution is -0.144. The number of alkyl halides is 2. The molecule has 3 nitrogen and oxygen atoms in total. The van der Waals surface area contributed by atoms with E-state index in [9.17, 15) is 18.7 Å². The molecule has 1 N–H and O–H groups in total. The zero-order chi connectivity index (χ0) is 13.3. The summed E-state index contributed by atoms with van der Waals surface area (Å²) >= 11 is 0. The van der Waals surface area contributed by atoms with Crippen LogP contribution in [0.3, 0.4) is 0 Å². The molecule has 2 rings (SSSR count). The van der Waals surface area contributed by atoms with Gasteiger partial charge in [0.15, 0.2) is 0 Å². The monoisotopic (exact) mass is 255 g/mol. The fourth-order valence-electron chi connectivity index (χ4n) is 2.45. The van der Waals surface area contributed by atoms with Crippen molar-refractivity contribution in [3.05, 3.63) is 34.9 Å². The molecule has 5 heteroatoms. The predicted octanol–water partition coefficient (Wildman–Crippen LogP) is 2.24. The van der Waals surface area contributed by atoms with Crippen LogP contribution in [0.5, 0.6) is 0 Å². The first-order chi connectivity index (χ1) is 8.49. The van der Waals surface area contributed by atoms with Gasteiger partial charge >= 0.3 is 5.97 Å². The Balaban J connectivity index is 2.38. The Morgan fingerprint density at radius 3 is 2.89 bits per heavy atom. The number of halogens is 2. The third-order valence-electron chi connectivity index (χ3n) is 3.24. The highest BCUT2D eigenvalue weighted by molar-refractivity contribution is 5.76. The number of hydrogen-bond acceptors (Lipinski definition) is 2. The van der Waals surface area contributed by atoms with Gasteiger partial charge in [-0.3, -0.25) is 9.69 Å². The van der Waals surface area contributed by atoms with Gasteiger partial charge in [0, 0.05) is 6.54 Å². The number of carbonyl (C=O) groups is 1. The minimum Gasteiger partial charge on any atom is -0.480 e. The molecule has 0 aliphatic carbocycles. The number of fused-ring (bicyclic) bond motifs is 1. The standard InChI is InChI=1S/C13H15F2NO2/c1-8-2-3-9-4-5-16(7-11(14)15)12(13(17)18)10(9)6-8/h2-3,6,11-12H,4-5,7H2,1H3,(H,17,18). The van der Waals surface area contributed by atoms with Crippen molar-refractivity contribution in [3.8, 4) is 0 Å². The van der Waals surface area contributed by atoms with Crippen molar-refractivity contribution in [2.45, 2.75) is 25.8 Å². The van der Waals surface area contributed by atoms with Crippen molar-refractivity contribution < 1.29 is 18.7 Å². The maximum atomic E-state index is 12.5. The Morgan fingerprint density at radius 2 is 2.28 bits per heavy atom. The van der Waals surface area contributed by atoms with E-state index in [4.69, 9.17) is 0 Å². The van der Waals surface area contributed by atoms with Crippen molar-refractivity contribution in [1.29, 1.82) is 0 Å². The summed E-state index contributed by atoms with van der Waals surface area (Å²) in [5.41, 5.74) is 2.53. The minimum atomic E-state index is -2.52. The molecule has 1 aliphatic rings. The summed E-state index contributed by atoms with van der Waals surface area (Å²) < 4.78 is 25.0. The molecule has 0 radical (unpaired) electrons. The molecular formula is C13H15F2NO2. The third-order valence-corrected chi connectivity index (χ3v) is 3.24. The second-order valence-electron chi connectivity index (χ2n) is 4.58. The lowest BCUT2D eigenvalue weighted by atomic mass is 9.91. The van der Waals surface area contributed by atoms with E-state index in [-0.39, 0.29) is 0 Å². The number of rotatable bonds is 3. The zero-order valence-electron chi connectivity index (χ0n) is 10.1. The molecular weight excluding hydrogens is 240 g/mol.